The molecule has 0 amide bonds. The molecule has 2 heterocycles. The fourth-order valence-electron chi connectivity index (χ4n) is 3.17. The largest absolute Gasteiger partial charge is 0.394 e. The Balaban J connectivity index is 1.72. The molecule has 0 fully saturated rings. The van der Waals surface area contributed by atoms with Crippen LogP contribution in [0.4, 0.5) is 0 Å². The number of aliphatic hydroxyl groups is 1. The number of hydrogen-bond donors (Lipinski definition) is 2. The van der Waals surface area contributed by atoms with Gasteiger partial charge in [-0.25, -0.2) is 0 Å². The molecule has 3 rings (SSSR count). The Labute approximate surface area is 124 Å². The zero-order valence-electron chi connectivity index (χ0n) is 12.7. The minimum atomic E-state index is 0.140. The van der Waals surface area contributed by atoms with Gasteiger partial charge in [0, 0.05) is 42.7 Å². The highest BCUT2D eigenvalue weighted by molar-refractivity contribution is 5.25. The summed E-state index contributed by atoms with van der Waals surface area (Å²) in [7, 11) is 1.95. The molecule has 0 aliphatic heterocycles. The first-order chi connectivity index (χ1) is 10.2. The quantitative estimate of drug-likeness (QED) is 0.864. The Bertz CT molecular complexity index is 616. The number of rotatable bonds is 5. The van der Waals surface area contributed by atoms with Gasteiger partial charge in [0.15, 0.2) is 0 Å². The molecule has 1 unspecified atom stereocenters. The molecule has 0 spiro atoms. The molecule has 2 aromatic heterocycles. The van der Waals surface area contributed by atoms with Gasteiger partial charge in [-0.05, 0) is 26.2 Å². The van der Waals surface area contributed by atoms with Crippen LogP contribution in [-0.4, -0.2) is 31.3 Å². The van der Waals surface area contributed by atoms with Crippen LogP contribution in [0.5, 0.6) is 0 Å². The van der Waals surface area contributed by atoms with Gasteiger partial charge in [-0.15, -0.1) is 0 Å². The van der Waals surface area contributed by atoms with Crippen molar-refractivity contribution >= 4 is 0 Å². The zero-order chi connectivity index (χ0) is 14.8. The minimum absolute atomic E-state index is 0.140. The smallest absolute Gasteiger partial charge is 0.0644 e. The van der Waals surface area contributed by atoms with Crippen LogP contribution in [-0.2, 0) is 26.6 Å². The van der Waals surface area contributed by atoms with E-state index >= 15 is 0 Å². The summed E-state index contributed by atoms with van der Waals surface area (Å²) >= 11 is 0. The fourth-order valence-corrected chi connectivity index (χ4v) is 3.17. The molecule has 0 bridgehead atoms. The molecule has 1 atom stereocenters. The van der Waals surface area contributed by atoms with Crippen LogP contribution in [0.3, 0.4) is 0 Å². The van der Waals surface area contributed by atoms with Gasteiger partial charge in [0.1, 0.15) is 0 Å². The van der Waals surface area contributed by atoms with Gasteiger partial charge in [0.25, 0.3) is 0 Å². The predicted molar refractivity (Wildman–Crippen MR) is 79.8 cm³/mol. The zero-order valence-corrected chi connectivity index (χ0v) is 12.7. The Hall–Kier alpha value is -1.66. The number of nitrogens with zero attached hydrogens (tertiary/aromatic N) is 4. The van der Waals surface area contributed by atoms with Crippen LogP contribution in [0.15, 0.2) is 12.4 Å². The third-order valence-electron chi connectivity index (χ3n) is 4.23. The van der Waals surface area contributed by atoms with Crippen molar-refractivity contribution in [1.82, 2.24) is 24.9 Å². The van der Waals surface area contributed by atoms with E-state index in [1.165, 1.54) is 16.8 Å². The summed E-state index contributed by atoms with van der Waals surface area (Å²) in [4.78, 5) is 0. The number of nitrogens with one attached hydrogen (secondary N) is 1. The van der Waals surface area contributed by atoms with E-state index in [4.69, 9.17) is 5.11 Å². The second-order valence-corrected chi connectivity index (χ2v) is 5.73. The maximum atomic E-state index is 9.10. The maximum Gasteiger partial charge on any atom is 0.0644 e. The van der Waals surface area contributed by atoms with E-state index in [9.17, 15) is 0 Å². The monoisotopic (exact) mass is 289 g/mol. The van der Waals surface area contributed by atoms with E-state index in [0.717, 1.165) is 31.5 Å². The number of fused-ring (bicyclic) bond motifs is 1. The van der Waals surface area contributed by atoms with E-state index in [0.29, 0.717) is 12.6 Å². The lowest BCUT2D eigenvalue weighted by Crippen LogP contribution is -2.25. The number of hydrogen-bond acceptors (Lipinski definition) is 4. The third-order valence-corrected chi connectivity index (χ3v) is 4.23. The Morgan fingerprint density at radius 2 is 2.33 bits per heavy atom. The summed E-state index contributed by atoms with van der Waals surface area (Å²) in [6.07, 6.45) is 7.38. The topological polar surface area (TPSA) is 67.9 Å². The lowest BCUT2D eigenvalue weighted by atomic mass is 9.93. The maximum absolute atomic E-state index is 9.10. The van der Waals surface area contributed by atoms with Gasteiger partial charge in [-0.3, -0.25) is 9.36 Å². The molecule has 2 N–H and O–H groups in total. The molecule has 0 radical (unpaired) electrons. The molecule has 0 saturated carbocycles. The summed E-state index contributed by atoms with van der Waals surface area (Å²) in [6, 6.07) is 0.348. The Morgan fingerprint density at radius 3 is 3.05 bits per heavy atom. The van der Waals surface area contributed by atoms with Gasteiger partial charge in [-0.1, -0.05) is 0 Å². The lowest BCUT2D eigenvalue weighted by molar-refractivity contribution is 0.266. The van der Waals surface area contributed by atoms with Crippen molar-refractivity contribution in [2.75, 3.05) is 6.61 Å². The number of aryl methyl sites for hydroxylation is 2. The average molecular weight is 289 g/mol. The molecule has 6 heteroatoms. The average Bonchev–Trinajstić information content (AvgIpc) is 3.01. The van der Waals surface area contributed by atoms with Crippen molar-refractivity contribution in [3.63, 3.8) is 0 Å². The summed E-state index contributed by atoms with van der Waals surface area (Å²) in [5, 5.41) is 21.5. The van der Waals surface area contributed by atoms with Gasteiger partial charge >= 0.3 is 0 Å². The second kappa shape index (κ2) is 5.99. The lowest BCUT2D eigenvalue weighted by Gasteiger charge is -2.24. The van der Waals surface area contributed by atoms with E-state index in [1.807, 2.05) is 29.5 Å². The van der Waals surface area contributed by atoms with Gasteiger partial charge in [0.2, 0.25) is 0 Å². The van der Waals surface area contributed by atoms with Crippen LogP contribution in [0, 0.1) is 6.92 Å². The first kappa shape index (κ1) is 14.3. The van der Waals surface area contributed by atoms with Crippen LogP contribution < -0.4 is 5.32 Å². The fraction of sp³-hybridized carbons (Fsp3) is 0.600. The molecule has 21 heavy (non-hydrogen) atoms. The van der Waals surface area contributed by atoms with Crippen LogP contribution >= 0.6 is 0 Å². The van der Waals surface area contributed by atoms with Crippen LogP contribution in [0.2, 0.25) is 0 Å². The van der Waals surface area contributed by atoms with Crippen molar-refractivity contribution in [1.29, 1.82) is 0 Å². The van der Waals surface area contributed by atoms with Gasteiger partial charge < -0.3 is 10.4 Å². The SMILES string of the molecule is Cc1nn(C)cc1CNC1CCCc2c1cnn2CCO. The first-order valence-corrected chi connectivity index (χ1v) is 7.57. The summed E-state index contributed by atoms with van der Waals surface area (Å²) in [5.41, 5.74) is 4.89. The predicted octanol–water partition coefficient (Wildman–Crippen LogP) is 1.08. The standard InChI is InChI=1S/C15H23N5O/c1-11-12(10-19(2)18-11)8-16-14-4-3-5-15-13(14)9-17-20(15)6-7-21/h9-10,14,16,21H,3-8H2,1-2H3. The Morgan fingerprint density at radius 1 is 1.48 bits per heavy atom. The number of aromatic nitrogens is 4. The van der Waals surface area contributed by atoms with E-state index in [1.54, 1.807) is 0 Å². The Kier molecular flexibility index (Phi) is 4.07. The highest BCUT2D eigenvalue weighted by Gasteiger charge is 2.23. The van der Waals surface area contributed by atoms with E-state index in [-0.39, 0.29) is 6.61 Å². The normalized spacial score (nSPS) is 18.0. The number of aliphatic hydroxyl groups excluding tert-OH is 1. The molecular weight excluding hydrogens is 266 g/mol. The first-order valence-electron chi connectivity index (χ1n) is 7.57. The van der Waals surface area contributed by atoms with Crippen LogP contribution in [0.1, 0.15) is 41.4 Å². The molecular formula is C15H23N5O. The third kappa shape index (κ3) is 2.87. The highest BCUT2D eigenvalue weighted by Crippen LogP contribution is 2.29. The molecule has 1 aliphatic carbocycles. The van der Waals surface area contributed by atoms with E-state index in [2.05, 4.69) is 21.7 Å². The van der Waals surface area contributed by atoms with Crippen molar-refractivity contribution in [3.8, 4) is 0 Å². The van der Waals surface area contributed by atoms with Crippen molar-refractivity contribution < 1.29 is 5.11 Å². The molecule has 0 saturated heterocycles. The molecule has 114 valence electrons. The molecule has 0 aromatic carbocycles. The minimum Gasteiger partial charge on any atom is -0.394 e. The van der Waals surface area contributed by atoms with Gasteiger partial charge in [-0.2, -0.15) is 10.2 Å². The summed E-state index contributed by atoms with van der Waals surface area (Å²) in [5.74, 6) is 0. The molecule has 2 aromatic rings. The summed E-state index contributed by atoms with van der Waals surface area (Å²) < 4.78 is 3.80. The van der Waals surface area contributed by atoms with Crippen LogP contribution in [0.25, 0.3) is 0 Å². The van der Waals surface area contributed by atoms with Crippen molar-refractivity contribution in [2.24, 2.45) is 7.05 Å². The summed E-state index contributed by atoms with van der Waals surface area (Å²) in [6.45, 7) is 3.60. The van der Waals surface area contributed by atoms with E-state index < -0.39 is 0 Å². The second-order valence-electron chi connectivity index (χ2n) is 5.73. The highest BCUT2D eigenvalue weighted by atomic mass is 16.3. The van der Waals surface area contributed by atoms with Crippen molar-refractivity contribution in [3.05, 3.63) is 34.9 Å². The van der Waals surface area contributed by atoms with Crippen molar-refractivity contribution in [2.45, 2.75) is 45.3 Å². The molecule has 1 aliphatic rings. The molecule has 6 nitrogen and oxygen atoms in total. The van der Waals surface area contributed by atoms with Gasteiger partial charge in [0.05, 0.1) is 25.0 Å².